The van der Waals surface area contributed by atoms with Gasteiger partial charge in [-0.1, -0.05) is 23.8 Å². The van der Waals surface area contributed by atoms with Crippen LogP contribution in [0, 0.1) is 6.92 Å². The lowest BCUT2D eigenvalue weighted by Gasteiger charge is -2.08. The maximum atomic E-state index is 12.3. The van der Waals surface area contributed by atoms with Gasteiger partial charge in [-0.25, -0.2) is 0 Å². The third-order valence-corrected chi connectivity index (χ3v) is 3.36. The highest BCUT2D eigenvalue weighted by Crippen LogP contribution is 2.17. The first-order valence-electron chi connectivity index (χ1n) is 6.59. The Morgan fingerprint density at radius 1 is 1.18 bits per heavy atom. The van der Waals surface area contributed by atoms with Crippen LogP contribution >= 0.6 is 12.6 Å². The van der Waals surface area contributed by atoms with Gasteiger partial charge in [-0.15, -0.1) is 17.7 Å². The van der Waals surface area contributed by atoms with Crippen LogP contribution in [0.15, 0.2) is 53.7 Å². The van der Waals surface area contributed by atoms with Crippen molar-refractivity contribution in [3.8, 4) is 5.69 Å². The van der Waals surface area contributed by atoms with E-state index in [1.807, 2.05) is 37.3 Å². The maximum absolute atomic E-state index is 12.3. The lowest BCUT2D eigenvalue weighted by atomic mass is 10.1. The second-order valence-corrected chi connectivity index (χ2v) is 5.16. The molecule has 0 radical (unpaired) electrons. The average Bonchev–Trinajstić information content (AvgIpc) is 2.94. The van der Waals surface area contributed by atoms with E-state index in [1.54, 1.807) is 18.2 Å². The van der Waals surface area contributed by atoms with E-state index in [0.29, 0.717) is 16.4 Å². The Morgan fingerprint density at radius 2 is 2.00 bits per heavy atom. The van der Waals surface area contributed by atoms with Crippen molar-refractivity contribution in [1.29, 1.82) is 0 Å². The van der Waals surface area contributed by atoms with Crippen molar-refractivity contribution in [3.63, 3.8) is 0 Å². The Labute approximate surface area is 132 Å². The highest BCUT2D eigenvalue weighted by Gasteiger charge is 2.08. The first-order chi connectivity index (χ1) is 10.6. The number of hydrogen-bond donors (Lipinski definition) is 2. The van der Waals surface area contributed by atoms with E-state index in [2.05, 4.69) is 33.5 Å². The summed E-state index contributed by atoms with van der Waals surface area (Å²) in [5.41, 5.74) is 3.03. The fraction of sp³-hybridized carbons (Fsp3) is 0.0667. The fourth-order valence-corrected chi connectivity index (χ4v) is 2.25. The monoisotopic (exact) mass is 311 g/mol. The number of anilines is 1. The highest BCUT2D eigenvalue weighted by molar-refractivity contribution is 7.80. The van der Waals surface area contributed by atoms with Gasteiger partial charge in [0.1, 0.15) is 0 Å². The Morgan fingerprint density at radius 3 is 2.73 bits per heavy atom. The lowest BCUT2D eigenvalue weighted by Crippen LogP contribution is -2.12. The first-order valence-corrected chi connectivity index (χ1v) is 7.04. The van der Waals surface area contributed by atoms with E-state index in [4.69, 9.17) is 0 Å². The quantitative estimate of drug-likeness (QED) is 0.729. The molecule has 0 aliphatic rings. The summed E-state index contributed by atoms with van der Waals surface area (Å²) in [7, 11) is 0. The summed E-state index contributed by atoms with van der Waals surface area (Å²) in [5.74, 6) is -0.163. The third-order valence-electron chi connectivity index (χ3n) is 3.08. The second kappa shape index (κ2) is 5.98. The molecule has 0 fully saturated rings. The molecule has 6 nitrogen and oxygen atoms in total. The summed E-state index contributed by atoms with van der Waals surface area (Å²) in [4.78, 5) is 12.3. The van der Waals surface area contributed by atoms with Crippen molar-refractivity contribution in [2.45, 2.75) is 12.1 Å². The molecule has 0 bridgehead atoms. The molecular weight excluding hydrogens is 298 g/mol. The number of hydrogen-bond acceptors (Lipinski definition) is 5. The summed E-state index contributed by atoms with van der Waals surface area (Å²) >= 11 is 4.17. The van der Waals surface area contributed by atoms with Crippen molar-refractivity contribution in [2.75, 3.05) is 5.32 Å². The molecule has 2 aromatic carbocycles. The van der Waals surface area contributed by atoms with Gasteiger partial charge in [0.2, 0.25) is 5.16 Å². The van der Waals surface area contributed by atoms with Crippen molar-refractivity contribution >= 4 is 24.2 Å². The minimum atomic E-state index is -0.163. The second-order valence-electron chi connectivity index (χ2n) is 4.76. The van der Waals surface area contributed by atoms with Crippen LogP contribution in [0.2, 0.25) is 0 Å². The molecule has 0 unspecified atom stereocenters. The SMILES string of the molecule is Cc1cccc(C(=O)Nc2cccc(-n3nnnc3S)c2)c1. The van der Waals surface area contributed by atoms with Crippen LogP contribution in [-0.2, 0) is 0 Å². The Balaban J connectivity index is 1.84. The molecule has 3 aromatic rings. The first kappa shape index (κ1) is 14.3. The molecule has 0 spiro atoms. The number of aromatic nitrogens is 4. The summed E-state index contributed by atoms with van der Waals surface area (Å²) in [6, 6.07) is 14.7. The molecule has 1 amide bonds. The van der Waals surface area contributed by atoms with Crippen molar-refractivity contribution in [3.05, 3.63) is 59.7 Å². The molecule has 0 saturated heterocycles. The van der Waals surface area contributed by atoms with Gasteiger partial charge in [0.15, 0.2) is 0 Å². The predicted octanol–water partition coefficient (Wildman–Crippen LogP) is 2.51. The number of thiol groups is 1. The van der Waals surface area contributed by atoms with Gasteiger partial charge in [0.05, 0.1) is 5.69 Å². The van der Waals surface area contributed by atoms with Crippen LogP contribution in [0.1, 0.15) is 15.9 Å². The third kappa shape index (κ3) is 2.99. The lowest BCUT2D eigenvalue weighted by molar-refractivity contribution is 0.102. The molecule has 1 heterocycles. The summed E-state index contributed by atoms with van der Waals surface area (Å²) in [6.45, 7) is 1.95. The summed E-state index contributed by atoms with van der Waals surface area (Å²) < 4.78 is 1.48. The number of aryl methyl sites for hydroxylation is 1. The number of carbonyl (C=O) groups is 1. The van der Waals surface area contributed by atoms with Gasteiger partial charge in [-0.05, 0) is 47.7 Å². The molecule has 0 saturated carbocycles. The van der Waals surface area contributed by atoms with Crippen LogP contribution in [0.5, 0.6) is 0 Å². The van der Waals surface area contributed by atoms with Crippen molar-refractivity contribution in [2.24, 2.45) is 0 Å². The van der Waals surface area contributed by atoms with Gasteiger partial charge in [-0.3, -0.25) is 4.79 Å². The predicted molar refractivity (Wildman–Crippen MR) is 85.5 cm³/mol. The van der Waals surface area contributed by atoms with Crippen molar-refractivity contribution in [1.82, 2.24) is 20.2 Å². The van der Waals surface area contributed by atoms with E-state index in [1.165, 1.54) is 4.68 Å². The van der Waals surface area contributed by atoms with Crippen LogP contribution in [-0.4, -0.2) is 26.1 Å². The minimum Gasteiger partial charge on any atom is -0.322 e. The Hall–Kier alpha value is -2.67. The Bertz CT molecular complexity index is 830. The topological polar surface area (TPSA) is 72.7 Å². The average molecular weight is 311 g/mol. The number of benzene rings is 2. The number of carbonyl (C=O) groups excluding carboxylic acids is 1. The largest absolute Gasteiger partial charge is 0.322 e. The van der Waals surface area contributed by atoms with Crippen LogP contribution < -0.4 is 5.32 Å². The number of nitrogens with zero attached hydrogens (tertiary/aromatic N) is 4. The standard InChI is InChI=1S/C15H13N5OS/c1-10-4-2-5-11(8-10)14(21)16-12-6-3-7-13(9-12)20-15(22)17-18-19-20/h2-9H,1H3,(H,16,21)(H,17,19,22). The Kier molecular flexibility index (Phi) is 3.88. The maximum Gasteiger partial charge on any atom is 0.255 e. The minimum absolute atomic E-state index is 0.163. The van der Waals surface area contributed by atoms with E-state index in [-0.39, 0.29) is 5.91 Å². The molecule has 1 aromatic heterocycles. The molecule has 110 valence electrons. The molecular formula is C15H13N5OS. The number of amides is 1. The van der Waals surface area contributed by atoms with Crippen LogP contribution in [0.4, 0.5) is 5.69 Å². The zero-order chi connectivity index (χ0) is 15.5. The summed E-state index contributed by atoms with van der Waals surface area (Å²) in [5, 5.41) is 14.3. The van der Waals surface area contributed by atoms with Gasteiger partial charge in [0.25, 0.3) is 5.91 Å². The molecule has 0 aliphatic heterocycles. The summed E-state index contributed by atoms with van der Waals surface area (Å²) in [6.07, 6.45) is 0. The zero-order valence-corrected chi connectivity index (χ0v) is 12.7. The van der Waals surface area contributed by atoms with E-state index < -0.39 is 0 Å². The number of tetrazole rings is 1. The molecule has 7 heteroatoms. The highest BCUT2D eigenvalue weighted by atomic mass is 32.1. The van der Waals surface area contributed by atoms with Crippen molar-refractivity contribution < 1.29 is 4.79 Å². The molecule has 1 N–H and O–H groups in total. The smallest absolute Gasteiger partial charge is 0.255 e. The van der Waals surface area contributed by atoms with Crippen LogP contribution in [0.3, 0.4) is 0 Å². The molecule has 0 atom stereocenters. The van der Waals surface area contributed by atoms with Gasteiger partial charge in [-0.2, -0.15) is 4.68 Å². The molecule has 0 aliphatic carbocycles. The van der Waals surface area contributed by atoms with E-state index >= 15 is 0 Å². The molecule has 3 rings (SSSR count). The number of rotatable bonds is 3. The van der Waals surface area contributed by atoms with Crippen LogP contribution in [0.25, 0.3) is 5.69 Å². The number of nitrogens with one attached hydrogen (secondary N) is 1. The normalized spacial score (nSPS) is 10.5. The molecule has 22 heavy (non-hydrogen) atoms. The van der Waals surface area contributed by atoms with E-state index in [9.17, 15) is 4.79 Å². The fourth-order valence-electron chi connectivity index (χ4n) is 2.05. The van der Waals surface area contributed by atoms with Gasteiger partial charge < -0.3 is 5.32 Å². The van der Waals surface area contributed by atoms with E-state index in [0.717, 1.165) is 11.3 Å². The van der Waals surface area contributed by atoms with Gasteiger partial charge >= 0.3 is 0 Å². The zero-order valence-electron chi connectivity index (χ0n) is 11.8. The van der Waals surface area contributed by atoms with Gasteiger partial charge in [0, 0.05) is 11.3 Å².